The van der Waals surface area contributed by atoms with Crippen LogP contribution in [0, 0.1) is 24.7 Å². The lowest BCUT2D eigenvalue weighted by Crippen LogP contribution is -2.25. The highest BCUT2D eigenvalue weighted by atomic mass is 15.0. The minimum absolute atomic E-state index is 0.675. The predicted octanol–water partition coefficient (Wildman–Crippen LogP) is 4.23. The van der Waals surface area contributed by atoms with Gasteiger partial charge in [-0.25, -0.2) is 4.98 Å². The SMILES string of the molecule is CCCNCc1cc(C)nc(NCC(C(C)C)C(C)C)c1. The number of nitrogens with zero attached hydrogens (tertiary/aromatic N) is 1. The number of hydrogen-bond acceptors (Lipinski definition) is 3. The Morgan fingerprint density at radius 1 is 1.10 bits per heavy atom. The molecule has 0 aliphatic rings. The van der Waals surface area contributed by atoms with Gasteiger partial charge in [0.05, 0.1) is 0 Å². The average molecular weight is 291 g/mol. The largest absolute Gasteiger partial charge is 0.370 e. The summed E-state index contributed by atoms with van der Waals surface area (Å²) in [5, 5.41) is 6.99. The van der Waals surface area contributed by atoms with Crippen LogP contribution in [0.2, 0.25) is 0 Å². The van der Waals surface area contributed by atoms with E-state index in [1.165, 1.54) is 12.0 Å². The summed E-state index contributed by atoms with van der Waals surface area (Å²) in [6.45, 7) is 16.4. The van der Waals surface area contributed by atoms with Crippen LogP contribution in [0.4, 0.5) is 5.82 Å². The third kappa shape index (κ3) is 6.47. The summed E-state index contributed by atoms with van der Waals surface area (Å²) in [5.41, 5.74) is 2.39. The molecule has 0 aliphatic carbocycles. The smallest absolute Gasteiger partial charge is 0.126 e. The Morgan fingerprint density at radius 3 is 2.33 bits per heavy atom. The van der Waals surface area contributed by atoms with E-state index in [0.717, 1.165) is 31.1 Å². The van der Waals surface area contributed by atoms with E-state index < -0.39 is 0 Å². The highest BCUT2D eigenvalue weighted by Gasteiger charge is 2.17. The Labute approximate surface area is 130 Å². The van der Waals surface area contributed by atoms with Crippen LogP contribution >= 0.6 is 0 Å². The van der Waals surface area contributed by atoms with Gasteiger partial charge in [0.2, 0.25) is 0 Å². The van der Waals surface area contributed by atoms with Crippen LogP contribution in [-0.4, -0.2) is 18.1 Å². The van der Waals surface area contributed by atoms with Gasteiger partial charge >= 0.3 is 0 Å². The van der Waals surface area contributed by atoms with E-state index in [-0.39, 0.29) is 0 Å². The Bertz CT molecular complexity index is 405. The molecule has 0 unspecified atom stereocenters. The van der Waals surface area contributed by atoms with Gasteiger partial charge in [0.25, 0.3) is 0 Å². The Hall–Kier alpha value is -1.09. The van der Waals surface area contributed by atoms with Crippen LogP contribution in [0.25, 0.3) is 0 Å². The summed E-state index contributed by atoms with van der Waals surface area (Å²) in [4.78, 5) is 4.61. The van der Waals surface area contributed by atoms with Gasteiger partial charge in [-0.1, -0.05) is 34.6 Å². The molecule has 0 atom stereocenters. The fraction of sp³-hybridized carbons (Fsp3) is 0.722. The van der Waals surface area contributed by atoms with Gasteiger partial charge in [0.15, 0.2) is 0 Å². The number of aromatic nitrogens is 1. The molecule has 3 heteroatoms. The predicted molar refractivity (Wildman–Crippen MR) is 92.6 cm³/mol. The van der Waals surface area contributed by atoms with E-state index in [0.29, 0.717) is 17.8 Å². The summed E-state index contributed by atoms with van der Waals surface area (Å²) in [6.07, 6.45) is 1.17. The fourth-order valence-electron chi connectivity index (χ4n) is 2.81. The summed E-state index contributed by atoms with van der Waals surface area (Å²) >= 11 is 0. The van der Waals surface area contributed by atoms with Crippen molar-refractivity contribution < 1.29 is 0 Å². The van der Waals surface area contributed by atoms with Gasteiger partial charge < -0.3 is 10.6 Å². The summed E-state index contributed by atoms with van der Waals surface area (Å²) in [7, 11) is 0. The topological polar surface area (TPSA) is 37.0 Å². The van der Waals surface area contributed by atoms with Crippen LogP contribution in [0.5, 0.6) is 0 Å². The molecule has 0 amide bonds. The maximum Gasteiger partial charge on any atom is 0.126 e. The first-order valence-corrected chi connectivity index (χ1v) is 8.36. The molecular formula is C18H33N3. The van der Waals surface area contributed by atoms with Gasteiger partial charge in [-0.3, -0.25) is 0 Å². The molecule has 1 aromatic rings. The van der Waals surface area contributed by atoms with Gasteiger partial charge in [-0.2, -0.15) is 0 Å². The van der Waals surface area contributed by atoms with Gasteiger partial charge in [-0.15, -0.1) is 0 Å². The van der Waals surface area contributed by atoms with Gasteiger partial charge in [-0.05, 0) is 55.3 Å². The first-order chi connectivity index (χ1) is 9.93. The molecule has 0 aromatic carbocycles. The van der Waals surface area contributed by atoms with E-state index >= 15 is 0 Å². The number of pyridine rings is 1. The monoisotopic (exact) mass is 291 g/mol. The number of anilines is 1. The average Bonchev–Trinajstić information content (AvgIpc) is 2.37. The number of hydrogen-bond donors (Lipinski definition) is 2. The quantitative estimate of drug-likeness (QED) is 0.669. The second-order valence-corrected chi connectivity index (χ2v) is 6.71. The van der Waals surface area contributed by atoms with Crippen molar-refractivity contribution in [2.75, 3.05) is 18.4 Å². The highest BCUT2D eigenvalue weighted by molar-refractivity contribution is 5.39. The normalized spacial score (nSPS) is 11.7. The molecule has 0 spiro atoms. The molecule has 1 heterocycles. The number of rotatable bonds is 9. The molecule has 0 bridgehead atoms. The maximum atomic E-state index is 4.61. The minimum Gasteiger partial charge on any atom is -0.370 e. The molecule has 0 saturated heterocycles. The first kappa shape index (κ1) is 18.0. The Kier molecular flexibility index (Phi) is 7.73. The van der Waals surface area contributed by atoms with Crippen molar-refractivity contribution in [2.45, 2.75) is 54.5 Å². The second kappa shape index (κ2) is 9.04. The van der Waals surface area contributed by atoms with Crippen LogP contribution < -0.4 is 10.6 Å². The van der Waals surface area contributed by atoms with Crippen molar-refractivity contribution in [3.8, 4) is 0 Å². The molecule has 1 aromatic heterocycles. The highest BCUT2D eigenvalue weighted by Crippen LogP contribution is 2.21. The van der Waals surface area contributed by atoms with Gasteiger partial charge in [0.1, 0.15) is 5.82 Å². The summed E-state index contributed by atoms with van der Waals surface area (Å²) < 4.78 is 0. The van der Waals surface area contributed by atoms with E-state index in [2.05, 4.69) is 69.3 Å². The molecular weight excluding hydrogens is 258 g/mol. The molecule has 0 saturated carbocycles. The van der Waals surface area contributed by atoms with E-state index in [1.54, 1.807) is 0 Å². The maximum absolute atomic E-state index is 4.61. The van der Waals surface area contributed by atoms with Crippen molar-refractivity contribution in [2.24, 2.45) is 17.8 Å². The van der Waals surface area contributed by atoms with Crippen LogP contribution in [0.3, 0.4) is 0 Å². The minimum atomic E-state index is 0.675. The molecule has 21 heavy (non-hydrogen) atoms. The van der Waals surface area contributed by atoms with Crippen molar-refractivity contribution in [3.05, 3.63) is 23.4 Å². The third-order valence-corrected chi connectivity index (χ3v) is 4.00. The standard InChI is InChI=1S/C18H33N3/c1-7-8-19-11-16-9-15(6)21-18(10-16)20-12-17(13(2)3)14(4)5/h9-10,13-14,17,19H,7-8,11-12H2,1-6H3,(H,20,21). The van der Waals surface area contributed by atoms with E-state index in [4.69, 9.17) is 0 Å². The Morgan fingerprint density at radius 2 is 1.76 bits per heavy atom. The second-order valence-electron chi connectivity index (χ2n) is 6.71. The summed E-state index contributed by atoms with van der Waals surface area (Å²) in [5.74, 6) is 3.06. The lowest BCUT2D eigenvalue weighted by molar-refractivity contribution is 0.304. The molecule has 0 radical (unpaired) electrons. The number of aryl methyl sites for hydroxylation is 1. The zero-order valence-electron chi connectivity index (χ0n) is 14.7. The molecule has 0 fully saturated rings. The lowest BCUT2D eigenvalue weighted by Gasteiger charge is -2.25. The van der Waals surface area contributed by atoms with Gasteiger partial charge in [0, 0.05) is 18.8 Å². The zero-order chi connectivity index (χ0) is 15.8. The molecule has 3 nitrogen and oxygen atoms in total. The van der Waals surface area contributed by atoms with Crippen LogP contribution in [0.1, 0.15) is 52.3 Å². The zero-order valence-corrected chi connectivity index (χ0v) is 14.7. The third-order valence-electron chi connectivity index (χ3n) is 4.00. The number of nitrogens with one attached hydrogen (secondary N) is 2. The van der Waals surface area contributed by atoms with E-state index in [1.807, 2.05) is 0 Å². The van der Waals surface area contributed by atoms with Crippen LogP contribution in [0.15, 0.2) is 12.1 Å². The van der Waals surface area contributed by atoms with Crippen LogP contribution in [-0.2, 0) is 6.54 Å². The van der Waals surface area contributed by atoms with Crippen molar-refractivity contribution in [3.63, 3.8) is 0 Å². The van der Waals surface area contributed by atoms with Crippen molar-refractivity contribution in [1.82, 2.24) is 10.3 Å². The van der Waals surface area contributed by atoms with Crippen molar-refractivity contribution >= 4 is 5.82 Å². The van der Waals surface area contributed by atoms with E-state index in [9.17, 15) is 0 Å². The fourth-order valence-corrected chi connectivity index (χ4v) is 2.81. The molecule has 0 aliphatic heterocycles. The summed E-state index contributed by atoms with van der Waals surface area (Å²) in [6, 6.07) is 4.34. The van der Waals surface area contributed by atoms with Crippen molar-refractivity contribution in [1.29, 1.82) is 0 Å². The first-order valence-electron chi connectivity index (χ1n) is 8.36. The lowest BCUT2D eigenvalue weighted by atomic mass is 9.85. The Balaban J connectivity index is 2.65. The molecule has 1 rings (SSSR count). The molecule has 2 N–H and O–H groups in total. The molecule has 120 valence electrons.